The van der Waals surface area contributed by atoms with E-state index >= 15 is 0 Å². The molecule has 0 radical (unpaired) electrons. The Balaban J connectivity index is 1.26. The molecule has 0 amide bonds. The zero-order valence-corrected chi connectivity index (χ0v) is 29.9. The summed E-state index contributed by atoms with van der Waals surface area (Å²) >= 11 is 0. The molecule has 6 heteroatoms. The van der Waals surface area contributed by atoms with Crippen LogP contribution in [0.1, 0.15) is 5.56 Å². The number of fused-ring (bicyclic) bond motifs is 20. The van der Waals surface area contributed by atoms with Crippen LogP contribution >= 0.6 is 0 Å². The number of benzene rings is 9. The van der Waals surface area contributed by atoms with Crippen molar-refractivity contribution in [2.45, 2.75) is 0 Å². The molecule has 2 aliphatic heterocycles. The smallest absolute Gasteiger partial charge is 0.244 e. The van der Waals surface area contributed by atoms with Crippen molar-refractivity contribution in [1.29, 1.82) is 5.26 Å². The number of para-hydroxylation sites is 4. The lowest BCUT2D eigenvalue weighted by Crippen LogP contribution is -2.57. The predicted molar refractivity (Wildman–Crippen MR) is 231 cm³/mol. The fourth-order valence-corrected chi connectivity index (χ4v) is 10.9. The molecule has 0 atom stereocenters. The van der Waals surface area contributed by atoms with E-state index in [0.29, 0.717) is 5.56 Å². The normalized spacial score (nSPS) is 13.2. The van der Waals surface area contributed by atoms with Gasteiger partial charge in [0.1, 0.15) is 44.7 Å². The Bertz CT molecular complexity index is 3870. The summed E-state index contributed by atoms with van der Waals surface area (Å²) in [5.74, 6) is 0. The van der Waals surface area contributed by atoms with Crippen molar-refractivity contribution in [3.8, 4) is 28.3 Å². The third-order valence-corrected chi connectivity index (χ3v) is 13.0. The second-order valence-corrected chi connectivity index (χ2v) is 15.7. The Morgan fingerprint density at radius 2 is 0.807 bits per heavy atom. The van der Waals surface area contributed by atoms with Crippen LogP contribution in [0.2, 0.25) is 0 Å². The molecule has 4 aromatic heterocycles. The Morgan fingerprint density at radius 3 is 1.26 bits per heavy atom. The quantitative estimate of drug-likeness (QED) is 0.146. The second-order valence-electron chi connectivity index (χ2n) is 15.7. The lowest BCUT2D eigenvalue weighted by atomic mass is 9.30. The molecule has 6 heterocycles. The lowest BCUT2D eigenvalue weighted by molar-refractivity contribution is 0.667. The highest BCUT2D eigenvalue weighted by molar-refractivity contribution is 7.02. The molecule has 5 nitrogen and oxygen atoms in total. The molecule has 0 saturated heterocycles. The minimum absolute atomic E-state index is 0.171. The van der Waals surface area contributed by atoms with Crippen LogP contribution in [-0.2, 0) is 0 Å². The zero-order chi connectivity index (χ0) is 36.8. The van der Waals surface area contributed by atoms with Gasteiger partial charge < -0.3 is 17.7 Å². The van der Waals surface area contributed by atoms with Gasteiger partial charge in [-0.15, -0.1) is 0 Å². The summed E-state index contributed by atoms with van der Waals surface area (Å²) in [5.41, 5.74) is 15.0. The molecule has 0 spiro atoms. The van der Waals surface area contributed by atoms with Crippen LogP contribution in [0.15, 0.2) is 151 Å². The Labute approximate surface area is 321 Å². The van der Waals surface area contributed by atoms with Gasteiger partial charge in [0.15, 0.2) is 0 Å². The van der Waals surface area contributed by atoms with Gasteiger partial charge in [0.05, 0.1) is 11.6 Å². The van der Waals surface area contributed by atoms with Crippen LogP contribution in [0.3, 0.4) is 0 Å². The largest absolute Gasteiger partial charge is 0.456 e. The van der Waals surface area contributed by atoms with Crippen molar-refractivity contribution in [2.24, 2.45) is 0 Å². The Morgan fingerprint density at radius 1 is 0.386 bits per heavy atom. The van der Waals surface area contributed by atoms with Gasteiger partial charge in [-0.1, -0.05) is 101 Å². The Kier molecular flexibility index (Phi) is 4.80. The average molecular weight is 724 g/mol. The number of hydrogen-bond donors (Lipinski definition) is 0. The number of rotatable bonds is 0. The topological polar surface area (TPSA) is 76.3 Å². The maximum absolute atomic E-state index is 10.8. The molecule has 0 unspecified atom stereocenters. The molecule has 258 valence electrons. The van der Waals surface area contributed by atoms with Crippen LogP contribution in [0.5, 0.6) is 0 Å². The average Bonchev–Trinajstić information content (AvgIpc) is 4.02. The van der Waals surface area contributed by atoms with Crippen LogP contribution in [-0.4, -0.2) is 6.71 Å². The van der Waals surface area contributed by atoms with Crippen molar-refractivity contribution in [1.82, 2.24) is 0 Å². The summed E-state index contributed by atoms with van der Waals surface area (Å²) in [6.45, 7) is -0.171. The van der Waals surface area contributed by atoms with Crippen LogP contribution in [0.25, 0.3) is 132 Å². The lowest BCUT2D eigenvalue weighted by Gasteiger charge is -2.35. The van der Waals surface area contributed by atoms with E-state index in [2.05, 4.69) is 91.0 Å². The number of nitrogens with zero attached hydrogens (tertiary/aromatic N) is 1. The van der Waals surface area contributed by atoms with Gasteiger partial charge in [0, 0.05) is 65.0 Å². The first-order valence-corrected chi connectivity index (χ1v) is 19.2. The molecule has 15 rings (SSSR count). The molecule has 0 fully saturated rings. The van der Waals surface area contributed by atoms with Crippen molar-refractivity contribution in [2.75, 3.05) is 0 Å². The number of hydrogen-bond acceptors (Lipinski definition) is 5. The molecule has 0 bridgehead atoms. The van der Waals surface area contributed by atoms with Crippen molar-refractivity contribution < 1.29 is 17.7 Å². The predicted octanol–water partition coefficient (Wildman–Crippen LogP) is 11.9. The van der Waals surface area contributed by atoms with Crippen molar-refractivity contribution in [3.05, 3.63) is 139 Å². The van der Waals surface area contributed by atoms with E-state index in [1.165, 1.54) is 16.4 Å². The summed E-state index contributed by atoms with van der Waals surface area (Å²) in [4.78, 5) is 0. The third-order valence-electron chi connectivity index (χ3n) is 13.0. The molecule has 0 aliphatic carbocycles. The second kappa shape index (κ2) is 9.54. The van der Waals surface area contributed by atoms with E-state index in [0.717, 1.165) is 132 Å². The van der Waals surface area contributed by atoms with Gasteiger partial charge >= 0.3 is 0 Å². The van der Waals surface area contributed by atoms with Crippen LogP contribution in [0.4, 0.5) is 0 Å². The monoisotopic (exact) mass is 723 g/mol. The summed E-state index contributed by atoms with van der Waals surface area (Å²) in [5, 5.41) is 23.6. The van der Waals surface area contributed by atoms with Gasteiger partial charge in [0.2, 0.25) is 6.71 Å². The van der Waals surface area contributed by atoms with E-state index < -0.39 is 0 Å². The fraction of sp³-hybridized carbons (Fsp3) is 0. The third kappa shape index (κ3) is 3.25. The van der Waals surface area contributed by atoms with E-state index in [4.69, 9.17) is 17.7 Å². The van der Waals surface area contributed by atoms with Crippen LogP contribution in [0, 0.1) is 11.3 Å². The molecule has 0 N–H and O–H groups in total. The highest BCUT2D eigenvalue weighted by Crippen LogP contribution is 2.51. The number of furan rings is 4. The van der Waals surface area contributed by atoms with E-state index in [1.807, 2.05) is 48.5 Å². The minimum atomic E-state index is -0.171. The van der Waals surface area contributed by atoms with E-state index in [9.17, 15) is 5.26 Å². The molecule has 2 aliphatic rings. The summed E-state index contributed by atoms with van der Waals surface area (Å²) in [6, 6.07) is 49.1. The SMILES string of the molecule is N#Cc1cc2c3c(c1)-c1c4c(cc5c6ccccc6oc5c4cc4oc5ccccc5c14)B3c1cc3c4ccccc4oc3c3cc4oc5ccccc5c4c-2c13. The van der Waals surface area contributed by atoms with E-state index in [1.54, 1.807) is 0 Å². The minimum Gasteiger partial charge on any atom is -0.456 e. The standard InChI is InChI=1S/C51H22BNO4/c53-23-24-17-31-47-43-33(21-41-45(47)27-11-3-7-15-39(27)54-41)50-29(25-9-1-5-13-37(25)56-50)19-35(43)52-36-20-30-26-10-2-6-14-38(26)57-51(30)34-22-42-46(28-12-4-8-16-40(28)55-42)48(44(34)36)32(18-24)49(31)52/h1-22H. The molecular formula is C51H22BNO4. The molecule has 57 heavy (non-hydrogen) atoms. The van der Waals surface area contributed by atoms with E-state index in [-0.39, 0.29) is 6.71 Å². The zero-order valence-electron chi connectivity index (χ0n) is 29.9. The van der Waals surface area contributed by atoms with Gasteiger partial charge in [0.25, 0.3) is 0 Å². The molecular weight excluding hydrogens is 701 g/mol. The maximum Gasteiger partial charge on any atom is 0.244 e. The number of nitriles is 1. The Hall–Kier alpha value is -7.75. The van der Waals surface area contributed by atoms with Gasteiger partial charge in [-0.3, -0.25) is 0 Å². The van der Waals surface area contributed by atoms with Gasteiger partial charge in [-0.25, -0.2) is 0 Å². The van der Waals surface area contributed by atoms with Gasteiger partial charge in [-0.2, -0.15) is 5.26 Å². The highest BCUT2D eigenvalue weighted by Gasteiger charge is 2.42. The van der Waals surface area contributed by atoms with Crippen molar-refractivity contribution >= 4 is 132 Å². The first-order valence-electron chi connectivity index (χ1n) is 19.2. The van der Waals surface area contributed by atoms with Crippen molar-refractivity contribution in [3.63, 3.8) is 0 Å². The molecule has 9 aromatic carbocycles. The maximum atomic E-state index is 10.8. The summed E-state index contributed by atoms with van der Waals surface area (Å²) in [7, 11) is 0. The highest BCUT2D eigenvalue weighted by atomic mass is 16.3. The molecule has 0 saturated carbocycles. The first-order chi connectivity index (χ1) is 28.2. The molecule has 13 aromatic rings. The van der Waals surface area contributed by atoms with Gasteiger partial charge in [-0.05, 0) is 70.4 Å². The first kappa shape index (κ1) is 28.7. The summed E-state index contributed by atoms with van der Waals surface area (Å²) in [6.07, 6.45) is 0. The van der Waals surface area contributed by atoms with Crippen LogP contribution < -0.4 is 16.4 Å². The summed E-state index contributed by atoms with van der Waals surface area (Å²) < 4.78 is 27.0. The fourth-order valence-electron chi connectivity index (χ4n) is 10.9.